The number of methoxy groups -OCH3 is 3. The molecule has 0 spiro atoms. The van der Waals surface area contributed by atoms with Gasteiger partial charge in [-0.05, 0) is 42.8 Å². The fourth-order valence-corrected chi connectivity index (χ4v) is 2.46. The second-order valence-corrected chi connectivity index (χ2v) is 5.42. The van der Waals surface area contributed by atoms with E-state index in [0.29, 0.717) is 11.5 Å². The Morgan fingerprint density at radius 2 is 1.58 bits per heavy atom. The van der Waals surface area contributed by atoms with Crippen LogP contribution in [0.4, 0.5) is 0 Å². The van der Waals surface area contributed by atoms with Crippen molar-refractivity contribution in [3.8, 4) is 17.2 Å². The molecule has 0 bridgehead atoms. The molecule has 2 rings (SSSR count). The zero-order chi connectivity index (χ0) is 17.5. The van der Waals surface area contributed by atoms with Crippen molar-refractivity contribution >= 4 is 5.91 Å². The van der Waals surface area contributed by atoms with Gasteiger partial charge in [-0.25, -0.2) is 0 Å². The van der Waals surface area contributed by atoms with E-state index in [4.69, 9.17) is 14.2 Å². The van der Waals surface area contributed by atoms with Crippen LogP contribution < -0.4 is 19.5 Å². The molecular formula is C19H23NO4. The van der Waals surface area contributed by atoms with Crippen LogP contribution in [0.25, 0.3) is 0 Å². The van der Waals surface area contributed by atoms with Gasteiger partial charge in [0.05, 0.1) is 33.8 Å². The molecule has 0 heterocycles. The van der Waals surface area contributed by atoms with Crippen LogP contribution in [0, 0.1) is 0 Å². The monoisotopic (exact) mass is 329 g/mol. The van der Waals surface area contributed by atoms with E-state index in [0.717, 1.165) is 16.9 Å². The third-order valence-corrected chi connectivity index (χ3v) is 3.83. The van der Waals surface area contributed by atoms with Crippen LogP contribution in [0.3, 0.4) is 0 Å². The molecule has 0 saturated carbocycles. The van der Waals surface area contributed by atoms with Crippen molar-refractivity contribution < 1.29 is 19.0 Å². The zero-order valence-corrected chi connectivity index (χ0v) is 14.5. The van der Waals surface area contributed by atoms with E-state index in [1.807, 2.05) is 37.3 Å². The van der Waals surface area contributed by atoms with Crippen molar-refractivity contribution in [1.82, 2.24) is 5.32 Å². The van der Waals surface area contributed by atoms with E-state index in [1.54, 1.807) is 33.5 Å². The van der Waals surface area contributed by atoms with E-state index >= 15 is 0 Å². The molecule has 0 fully saturated rings. The molecule has 0 radical (unpaired) electrons. The third kappa shape index (κ3) is 4.41. The normalized spacial score (nSPS) is 11.5. The first kappa shape index (κ1) is 17.7. The number of hydrogen-bond acceptors (Lipinski definition) is 4. The van der Waals surface area contributed by atoms with Crippen molar-refractivity contribution in [2.45, 2.75) is 19.4 Å². The Morgan fingerprint density at radius 1 is 0.958 bits per heavy atom. The van der Waals surface area contributed by atoms with Crippen LogP contribution in [0.1, 0.15) is 24.1 Å². The number of amides is 1. The van der Waals surface area contributed by atoms with Crippen LogP contribution in [0.15, 0.2) is 42.5 Å². The molecule has 24 heavy (non-hydrogen) atoms. The Hall–Kier alpha value is -2.69. The molecule has 1 N–H and O–H groups in total. The van der Waals surface area contributed by atoms with Crippen molar-refractivity contribution in [3.63, 3.8) is 0 Å². The van der Waals surface area contributed by atoms with Crippen molar-refractivity contribution in [2.75, 3.05) is 21.3 Å². The number of rotatable bonds is 7. The standard InChI is InChI=1S/C19H23NO4/c1-13(14-5-7-16(22-2)8-6-14)20-19(21)12-15-11-17(23-3)9-10-18(15)24-4/h5-11,13H,12H2,1-4H3,(H,20,21)/t13-/m1/s1. The molecule has 2 aromatic rings. The molecule has 1 amide bonds. The van der Waals surface area contributed by atoms with Gasteiger partial charge in [-0.2, -0.15) is 0 Å². The van der Waals surface area contributed by atoms with Gasteiger partial charge >= 0.3 is 0 Å². The Morgan fingerprint density at radius 3 is 2.17 bits per heavy atom. The van der Waals surface area contributed by atoms with E-state index in [1.165, 1.54) is 0 Å². The SMILES string of the molecule is COc1ccc([C@@H](C)NC(=O)Cc2cc(OC)ccc2OC)cc1. The van der Waals surface area contributed by atoms with Gasteiger partial charge in [0.25, 0.3) is 0 Å². The quantitative estimate of drug-likeness (QED) is 0.848. The maximum Gasteiger partial charge on any atom is 0.225 e. The maximum atomic E-state index is 12.4. The minimum Gasteiger partial charge on any atom is -0.497 e. The fraction of sp³-hybridized carbons (Fsp3) is 0.316. The van der Waals surface area contributed by atoms with Crippen molar-refractivity contribution in [1.29, 1.82) is 0 Å². The Kier molecular flexibility index (Phi) is 6.07. The predicted molar refractivity (Wildman–Crippen MR) is 92.8 cm³/mol. The molecule has 0 aliphatic rings. The molecule has 0 aromatic heterocycles. The zero-order valence-electron chi connectivity index (χ0n) is 14.5. The minimum atomic E-state index is -0.0972. The summed E-state index contributed by atoms with van der Waals surface area (Å²) in [4.78, 5) is 12.4. The summed E-state index contributed by atoms with van der Waals surface area (Å²) in [5, 5.41) is 2.99. The van der Waals surface area contributed by atoms with Crippen molar-refractivity contribution in [2.24, 2.45) is 0 Å². The van der Waals surface area contributed by atoms with Gasteiger partial charge in [0.1, 0.15) is 17.2 Å². The minimum absolute atomic E-state index is 0.0788. The van der Waals surface area contributed by atoms with Gasteiger partial charge in [-0.3, -0.25) is 4.79 Å². The number of carbonyl (C=O) groups is 1. The first-order valence-corrected chi connectivity index (χ1v) is 7.71. The van der Waals surface area contributed by atoms with E-state index in [9.17, 15) is 4.79 Å². The number of nitrogens with one attached hydrogen (secondary N) is 1. The molecule has 0 aliphatic carbocycles. The number of ether oxygens (including phenoxy) is 3. The average Bonchev–Trinajstić information content (AvgIpc) is 2.61. The number of benzene rings is 2. The lowest BCUT2D eigenvalue weighted by Gasteiger charge is -2.16. The Balaban J connectivity index is 2.04. The molecule has 0 saturated heterocycles. The summed E-state index contributed by atoms with van der Waals surface area (Å²) in [6.45, 7) is 1.95. The van der Waals surface area contributed by atoms with Gasteiger partial charge in [0.15, 0.2) is 0 Å². The fourth-order valence-electron chi connectivity index (χ4n) is 2.46. The van der Waals surface area contributed by atoms with Crippen molar-refractivity contribution in [3.05, 3.63) is 53.6 Å². The van der Waals surface area contributed by atoms with Crippen LogP contribution in [-0.2, 0) is 11.2 Å². The predicted octanol–water partition coefficient (Wildman–Crippen LogP) is 3.13. The molecule has 2 aromatic carbocycles. The van der Waals surface area contributed by atoms with Crippen LogP contribution in [0.2, 0.25) is 0 Å². The Labute approximate surface area is 142 Å². The summed E-state index contributed by atoms with van der Waals surface area (Å²) in [7, 11) is 4.81. The van der Waals surface area contributed by atoms with Gasteiger partial charge in [0.2, 0.25) is 5.91 Å². The lowest BCUT2D eigenvalue weighted by Crippen LogP contribution is -2.28. The third-order valence-electron chi connectivity index (χ3n) is 3.83. The van der Waals surface area contributed by atoms with Gasteiger partial charge in [-0.1, -0.05) is 12.1 Å². The molecular weight excluding hydrogens is 306 g/mol. The highest BCUT2D eigenvalue weighted by molar-refractivity contribution is 5.80. The number of carbonyl (C=O) groups excluding carboxylic acids is 1. The molecule has 1 atom stereocenters. The van der Waals surface area contributed by atoms with Gasteiger partial charge in [0, 0.05) is 5.56 Å². The largest absolute Gasteiger partial charge is 0.497 e. The highest BCUT2D eigenvalue weighted by atomic mass is 16.5. The Bertz CT molecular complexity index is 682. The second kappa shape index (κ2) is 8.24. The average molecular weight is 329 g/mol. The highest BCUT2D eigenvalue weighted by Crippen LogP contribution is 2.25. The van der Waals surface area contributed by atoms with E-state index in [-0.39, 0.29) is 18.4 Å². The molecule has 0 unspecified atom stereocenters. The topological polar surface area (TPSA) is 56.8 Å². The summed E-state index contributed by atoms with van der Waals surface area (Å²) >= 11 is 0. The lowest BCUT2D eigenvalue weighted by molar-refractivity contribution is -0.121. The van der Waals surface area contributed by atoms with Crippen LogP contribution in [-0.4, -0.2) is 27.2 Å². The van der Waals surface area contributed by atoms with Crippen LogP contribution >= 0.6 is 0 Å². The smallest absolute Gasteiger partial charge is 0.225 e. The van der Waals surface area contributed by atoms with E-state index in [2.05, 4.69) is 5.32 Å². The van der Waals surface area contributed by atoms with Gasteiger partial charge < -0.3 is 19.5 Å². The summed E-state index contributed by atoms with van der Waals surface area (Å²) in [6, 6.07) is 13.0. The lowest BCUT2D eigenvalue weighted by atomic mass is 10.1. The summed E-state index contributed by atoms with van der Waals surface area (Å²) in [5.41, 5.74) is 1.80. The molecule has 5 heteroatoms. The number of hydrogen-bond donors (Lipinski definition) is 1. The first-order chi connectivity index (χ1) is 11.6. The second-order valence-electron chi connectivity index (χ2n) is 5.42. The summed E-state index contributed by atoms with van der Waals surface area (Å²) in [6.07, 6.45) is 0.223. The highest BCUT2D eigenvalue weighted by Gasteiger charge is 2.13. The molecule has 5 nitrogen and oxygen atoms in total. The first-order valence-electron chi connectivity index (χ1n) is 7.71. The molecule has 128 valence electrons. The van der Waals surface area contributed by atoms with Crippen LogP contribution in [0.5, 0.6) is 17.2 Å². The summed E-state index contributed by atoms with van der Waals surface area (Å²) < 4.78 is 15.7. The summed E-state index contributed by atoms with van der Waals surface area (Å²) in [5.74, 6) is 2.08. The van der Waals surface area contributed by atoms with Gasteiger partial charge in [-0.15, -0.1) is 0 Å². The maximum absolute atomic E-state index is 12.4. The molecule has 0 aliphatic heterocycles. The van der Waals surface area contributed by atoms with E-state index < -0.39 is 0 Å².